The van der Waals surface area contributed by atoms with Crippen LogP contribution in [0.1, 0.15) is 35.7 Å². The lowest BCUT2D eigenvalue weighted by atomic mass is 9.96. The smallest absolute Gasteiger partial charge is 0.336 e. The highest BCUT2D eigenvalue weighted by atomic mass is 35.5. The number of hydrogen-bond donors (Lipinski definition) is 6. The molecule has 15 heteroatoms. The summed E-state index contributed by atoms with van der Waals surface area (Å²) >= 11 is 6.07. The summed E-state index contributed by atoms with van der Waals surface area (Å²) < 4.78 is 24.4. The van der Waals surface area contributed by atoms with E-state index in [-0.39, 0.29) is 17.8 Å². The van der Waals surface area contributed by atoms with Gasteiger partial charge in [-0.25, -0.2) is 9.18 Å². The van der Waals surface area contributed by atoms with E-state index >= 15 is 0 Å². The zero-order valence-corrected chi connectivity index (χ0v) is 23.5. The minimum Gasteiger partial charge on any atom is -0.493 e. The van der Waals surface area contributed by atoms with Gasteiger partial charge in [-0.2, -0.15) is 0 Å². The predicted octanol–water partition coefficient (Wildman–Crippen LogP) is 1.84. The van der Waals surface area contributed by atoms with Gasteiger partial charge in [0.25, 0.3) is 5.91 Å². The van der Waals surface area contributed by atoms with Gasteiger partial charge in [0, 0.05) is 32.2 Å². The van der Waals surface area contributed by atoms with Crippen LogP contribution < -0.4 is 15.8 Å². The fraction of sp³-hybridized carbons (Fsp3) is 0.407. The van der Waals surface area contributed by atoms with Gasteiger partial charge in [0.15, 0.2) is 5.60 Å². The number of carbonyl (C=O) groups is 4. The van der Waals surface area contributed by atoms with E-state index in [2.05, 4.69) is 10.2 Å². The monoisotopic (exact) mass is 613 g/mol. The molecule has 230 valence electrons. The Labute approximate surface area is 245 Å². The molecule has 1 atom stereocenters. The van der Waals surface area contributed by atoms with E-state index in [0.717, 1.165) is 12.1 Å². The minimum absolute atomic E-state index is 0.145. The quantitative estimate of drug-likeness (QED) is 0.189. The van der Waals surface area contributed by atoms with Gasteiger partial charge in [0.05, 0.1) is 48.4 Å². The van der Waals surface area contributed by atoms with Crippen molar-refractivity contribution in [1.82, 2.24) is 10.2 Å². The molecule has 1 fully saturated rings. The number of nitrogens with zero attached hydrogens (tertiary/aromatic N) is 1. The summed E-state index contributed by atoms with van der Waals surface area (Å²) in [5.41, 5.74) is 4.80. The van der Waals surface area contributed by atoms with Crippen molar-refractivity contribution in [2.45, 2.75) is 38.0 Å². The Morgan fingerprint density at radius 3 is 2.31 bits per heavy atom. The Kier molecular flexibility index (Phi) is 12.9. The average Bonchev–Trinajstić information content (AvgIpc) is 2.90. The fourth-order valence-corrected chi connectivity index (χ4v) is 4.10. The second-order valence-electron chi connectivity index (χ2n) is 9.35. The highest BCUT2D eigenvalue weighted by Gasteiger charge is 2.40. The number of hydrogen-bond acceptors (Lipinski definition) is 9. The Balaban J connectivity index is 0.000000401. The average molecular weight is 614 g/mol. The number of anilines is 1. The molecule has 42 heavy (non-hydrogen) atoms. The molecule has 7 N–H and O–H groups in total. The van der Waals surface area contributed by atoms with Crippen molar-refractivity contribution in [2.24, 2.45) is 0 Å². The molecule has 1 amide bonds. The topological polar surface area (TPSA) is 209 Å². The number of amides is 1. The highest BCUT2D eigenvalue weighted by molar-refractivity contribution is 6.33. The van der Waals surface area contributed by atoms with Crippen LogP contribution in [0.15, 0.2) is 36.4 Å². The lowest BCUT2D eigenvalue weighted by molar-refractivity contribution is -0.170. The molecule has 0 radical (unpaired) electrons. The summed E-state index contributed by atoms with van der Waals surface area (Å²) in [6.07, 6.45) is -2.43. The first-order valence-corrected chi connectivity index (χ1v) is 13.1. The summed E-state index contributed by atoms with van der Waals surface area (Å²) in [6, 6.07) is 9.55. The molecule has 0 aliphatic carbocycles. The molecule has 1 aliphatic heterocycles. The first-order valence-electron chi connectivity index (χ1n) is 12.7. The van der Waals surface area contributed by atoms with Crippen LogP contribution in [0.4, 0.5) is 10.1 Å². The number of nitrogens with two attached hydrogens (primary N) is 1. The second-order valence-corrected chi connectivity index (χ2v) is 9.75. The van der Waals surface area contributed by atoms with Crippen LogP contribution in [-0.2, 0) is 25.7 Å². The first-order chi connectivity index (χ1) is 19.7. The Morgan fingerprint density at radius 2 is 1.76 bits per heavy atom. The maximum atomic E-state index is 13.1. The maximum absolute atomic E-state index is 13.1. The number of carboxylic acids is 3. The van der Waals surface area contributed by atoms with Crippen LogP contribution in [0.5, 0.6) is 5.75 Å². The van der Waals surface area contributed by atoms with E-state index in [1.54, 1.807) is 18.2 Å². The fourth-order valence-electron chi connectivity index (χ4n) is 3.93. The van der Waals surface area contributed by atoms with Gasteiger partial charge in [-0.05, 0) is 30.7 Å². The summed E-state index contributed by atoms with van der Waals surface area (Å²) in [6.45, 7) is 5.31. The lowest BCUT2D eigenvalue weighted by Gasteiger charge is -2.33. The van der Waals surface area contributed by atoms with Crippen molar-refractivity contribution in [2.75, 3.05) is 38.6 Å². The van der Waals surface area contributed by atoms with Crippen molar-refractivity contribution in [3.8, 4) is 5.75 Å². The first kappa shape index (κ1) is 34.2. The Hall–Kier alpha value is -3.98. The van der Waals surface area contributed by atoms with Crippen molar-refractivity contribution in [3.05, 3.63) is 58.4 Å². The SMILES string of the molecule is CCOc1cc(N)c(Cl)cc1C(=O)NC[C@H]1CN(Cc2ccc(F)cc2)CCO1.O=C(O)CC(O)(CC(=O)O)C(=O)O. The van der Waals surface area contributed by atoms with Crippen LogP contribution in [0.25, 0.3) is 0 Å². The van der Waals surface area contributed by atoms with E-state index in [1.807, 2.05) is 6.92 Å². The van der Waals surface area contributed by atoms with Gasteiger partial charge in [0.2, 0.25) is 0 Å². The molecule has 0 unspecified atom stereocenters. The minimum atomic E-state index is -2.74. The number of aliphatic carboxylic acids is 3. The number of ether oxygens (including phenoxy) is 2. The molecular formula is C27H33ClFN3O10. The van der Waals surface area contributed by atoms with Crippen LogP contribution in [0, 0.1) is 5.82 Å². The molecule has 0 aromatic heterocycles. The van der Waals surface area contributed by atoms with E-state index in [0.29, 0.717) is 54.9 Å². The van der Waals surface area contributed by atoms with E-state index < -0.39 is 36.4 Å². The number of rotatable bonds is 12. The lowest BCUT2D eigenvalue weighted by Crippen LogP contribution is -2.47. The molecule has 1 heterocycles. The van der Waals surface area contributed by atoms with Crippen molar-refractivity contribution >= 4 is 41.1 Å². The molecule has 0 bridgehead atoms. The summed E-state index contributed by atoms with van der Waals surface area (Å²) in [4.78, 5) is 45.4. The van der Waals surface area contributed by atoms with Gasteiger partial charge < -0.3 is 41.0 Å². The number of carbonyl (C=O) groups excluding carboxylic acids is 1. The van der Waals surface area contributed by atoms with Crippen LogP contribution in [0.3, 0.4) is 0 Å². The molecule has 0 saturated carbocycles. The maximum Gasteiger partial charge on any atom is 0.336 e. The van der Waals surface area contributed by atoms with Crippen molar-refractivity contribution in [3.63, 3.8) is 0 Å². The third-order valence-electron chi connectivity index (χ3n) is 5.96. The molecule has 0 spiro atoms. The molecular weight excluding hydrogens is 581 g/mol. The largest absolute Gasteiger partial charge is 0.493 e. The summed E-state index contributed by atoms with van der Waals surface area (Å²) in [7, 11) is 0. The van der Waals surface area contributed by atoms with Crippen LogP contribution in [0.2, 0.25) is 5.02 Å². The number of aliphatic hydroxyl groups is 1. The molecule has 3 rings (SSSR count). The third-order valence-corrected chi connectivity index (χ3v) is 6.29. The highest BCUT2D eigenvalue weighted by Crippen LogP contribution is 2.29. The number of nitrogen functional groups attached to an aromatic ring is 1. The van der Waals surface area contributed by atoms with Gasteiger partial charge in [-0.1, -0.05) is 23.7 Å². The molecule has 2 aromatic carbocycles. The van der Waals surface area contributed by atoms with Gasteiger partial charge >= 0.3 is 17.9 Å². The molecule has 1 aliphatic rings. The van der Waals surface area contributed by atoms with E-state index in [4.69, 9.17) is 47.2 Å². The summed E-state index contributed by atoms with van der Waals surface area (Å²) in [5, 5.41) is 37.0. The number of nitrogens with one attached hydrogen (secondary N) is 1. The van der Waals surface area contributed by atoms with Gasteiger partial charge in [-0.3, -0.25) is 19.3 Å². The molecule has 2 aromatic rings. The molecule has 1 saturated heterocycles. The Bertz CT molecular complexity index is 1250. The van der Waals surface area contributed by atoms with Gasteiger partial charge in [0.1, 0.15) is 11.6 Å². The number of morpholine rings is 1. The van der Waals surface area contributed by atoms with Gasteiger partial charge in [-0.15, -0.1) is 0 Å². The van der Waals surface area contributed by atoms with Crippen LogP contribution >= 0.6 is 11.6 Å². The Morgan fingerprint density at radius 1 is 1.14 bits per heavy atom. The number of halogens is 2. The standard InChI is InChI=1S/C21H25ClFN3O3.C6H8O7/c1-2-28-20-10-19(24)18(22)9-17(20)21(27)25-11-16-13-26(7-8-29-16)12-14-3-5-15(23)6-4-14;7-3(8)1-6(13,5(11)12)2-4(9)10/h3-6,9-10,16H,2,7-8,11-13,24H2,1H3,(H,25,27);13H,1-2H2,(H,7,8)(H,9,10)(H,11,12)/t16-;/m0./s1. The predicted molar refractivity (Wildman–Crippen MR) is 148 cm³/mol. The second kappa shape index (κ2) is 15.9. The summed E-state index contributed by atoms with van der Waals surface area (Å²) in [5.74, 6) is -5.16. The number of carboxylic acid groups (broad SMARTS) is 3. The zero-order chi connectivity index (χ0) is 31.4. The normalized spacial score (nSPS) is 15.2. The molecule has 13 nitrogen and oxygen atoms in total. The van der Waals surface area contributed by atoms with Crippen molar-refractivity contribution < 1.29 is 53.5 Å². The van der Waals surface area contributed by atoms with E-state index in [1.165, 1.54) is 18.2 Å². The van der Waals surface area contributed by atoms with E-state index in [9.17, 15) is 23.6 Å². The third kappa shape index (κ3) is 10.8. The van der Waals surface area contributed by atoms with Crippen molar-refractivity contribution in [1.29, 1.82) is 0 Å². The zero-order valence-electron chi connectivity index (χ0n) is 22.7. The van der Waals surface area contributed by atoms with Crippen LogP contribution in [-0.4, -0.2) is 93.7 Å². The number of benzene rings is 2.